The lowest BCUT2D eigenvalue weighted by Gasteiger charge is -2.06. The standard InChI is InChI=1S/C13H17N3O3/c14-4-10-5-15-6-11(10)16-19-7-9-1-2-12-13(3-9)18-8-17-12/h1-3,10,15H,4-8,14H2/b16-11+. The SMILES string of the molecule is NCC1CNC/C1=N\OCc1ccc2c(c1)OCO2. The predicted molar refractivity (Wildman–Crippen MR) is 70.2 cm³/mol. The molecule has 6 heteroatoms. The molecule has 1 aromatic rings. The van der Waals surface area contributed by atoms with Gasteiger partial charge in [0, 0.05) is 25.6 Å². The molecular formula is C13H17N3O3. The third-order valence-electron chi connectivity index (χ3n) is 3.30. The molecule has 0 amide bonds. The first-order valence-corrected chi connectivity index (χ1v) is 6.35. The number of hydrogen-bond donors (Lipinski definition) is 2. The minimum Gasteiger partial charge on any atom is -0.454 e. The summed E-state index contributed by atoms with van der Waals surface area (Å²) in [5.74, 6) is 1.83. The van der Waals surface area contributed by atoms with E-state index >= 15 is 0 Å². The number of oxime groups is 1. The summed E-state index contributed by atoms with van der Waals surface area (Å²) in [6.07, 6.45) is 0. The van der Waals surface area contributed by atoms with Gasteiger partial charge in [0.2, 0.25) is 6.79 Å². The van der Waals surface area contributed by atoms with Gasteiger partial charge < -0.3 is 25.4 Å². The molecule has 1 saturated heterocycles. The van der Waals surface area contributed by atoms with Crippen LogP contribution in [0.1, 0.15) is 5.56 Å². The number of fused-ring (bicyclic) bond motifs is 1. The highest BCUT2D eigenvalue weighted by Crippen LogP contribution is 2.32. The normalized spacial score (nSPS) is 23.0. The van der Waals surface area contributed by atoms with Crippen LogP contribution in [0, 0.1) is 5.92 Å². The summed E-state index contributed by atoms with van der Waals surface area (Å²) in [6.45, 7) is 2.92. The van der Waals surface area contributed by atoms with Crippen molar-refractivity contribution in [1.82, 2.24) is 5.32 Å². The minimum atomic E-state index is 0.284. The molecule has 2 heterocycles. The van der Waals surface area contributed by atoms with Crippen molar-refractivity contribution >= 4 is 5.71 Å². The zero-order valence-corrected chi connectivity index (χ0v) is 10.6. The van der Waals surface area contributed by atoms with Crippen molar-refractivity contribution in [2.24, 2.45) is 16.8 Å². The number of nitrogens with two attached hydrogens (primary N) is 1. The molecule has 0 aromatic heterocycles. The molecule has 1 fully saturated rings. The van der Waals surface area contributed by atoms with Crippen LogP contribution in [0.4, 0.5) is 0 Å². The Labute approximate surface area is 111 Å². The van der Waals surface area contributed by atoms with E-state index in [-0.39, 0.29) is 12.7 Å². The van der Waals surface area contributed by atoms with Crippen LogP contribution in [0.2, 0.25) is 0 Å². The third kappa shape index (κ3) is 2.64. The number of hydrogen-bond acceptors (Lipinski definition) is 6. The van der Waals surface area contributed by atoms with E-state index in [4.69, 9.17) is 20.0 Å². The largest absolute Gasteiger partial charge is 0.454 e. The molecule has 3 rings (SSSR count). The molecule has 0 spiro atoms. The van der Waals surface area contributed by atoms with Crippen molar-refractivity contribution in [3.63, 3.8) is 0 Å². The van der Waals surface area contributed by atoms with Gasteiger partial charge in [-0.05, 0) is 17.7 Å². The maximum absolute atomic E-state index is 5.66. The second-order valence-electron chi connectivity index (χ2n) is 4.61. The summed E-state index contributed by atoms with van der Waals surface area (Å²) in [7, 11) is 0. The monoisotopic (exact) mass is 263 g/mol. The molecule has 1 aromatic carbocycles. The highest BCUT2D eigenvalue weighted by atomic mass is 16.7. The van der Waals surface area contributed by atoms with Gasteiger partial charge in [-0.25, -0.2) is 0 Å². The summed E-state index contributed by atoms with van der Waals surface area (Å²) < 4.78 is 10.6. The van der Waals surface area contributed by atoms with Crippen molar-refractivity contribution in [3.05, 3.63) is 23.8 Å². The Morgan fingerprint density at radius 1 is 1.37 bits per heavy atom. The molecule has 102 valence electrons. The van der Waals surface area contributed by atoms with Crippen molar-refractivity contribution in [3.8, 4) is 11.5 Å². The molecule has 0 bridgehead atoms. The molecule has 1 atom stereocenters. The van der Waals surface area contributed by atoms with E-state index in [0.717, 1.165) is 35.9 Å². The molecule has 2 aliphatic rings. The Bertz CT molecular complexity index is 490. The van der Waals surface area contributed by atoms with Gasteiger partial charge in [0.05, 0.1) is 5.71 Å². The molecule has 1 unspecified atom stereocenters. The van der Waals surface area contributed by atoms with Gasteiger partial charge in [-0.1, -0.05) is 11.2 Å². The molecule has 6 nitrogen and oxygen atoms in total. The zero-order valence-electron chi connectivity index (χ0n) is 10.6. The van der Waals surface area contributed by atoms with Crippen LogP contribution in [0.3, 0.4) is 0 Å². The maximum Gasteiger partial charge on any atom is 0.231 e. The number of ether oxygens (including phenoxy) is 2. The van der Waals surface area contributed by atoms with Crippen LogP contribution in [-0.2, 0) is 11.4 Å². The molecule has 0 saturated carbocycles. The van der Waals surface area contributed by atoms with Crippen LogP contribution in [0.5, 0.6) is 11.5 Å². The van der Waals surface area contributed by atoms with E-state index in [1.807, 2.05) is 18.2 Å². The van der Waals surface area contributed by atoms with E-state index in [0.29, 0.717) is 13.2 Å². The average Bonchev–Trinajstić information content (AvgIpc) is 3.06. The number of nitrogens with zero attached hydrogens (tertiary/aromatic N) is 1. The van der Waals surface area contributed by atoms with Gasteiger partial charge in [0.15, 0.2) is 11.5 Å². The lowest BCUT2D eigenvalue weighted by atomic mass is 10.1. The Morgan fingerprint density at radius 2 is 2.26 bits per heavy atom. The van der Waals surface area contributed by atoms with Gasteiger partial charge in [-0.3, -0.25) is 0 Å². The predicted octanol–water partition coefficient (Wildman–Crippen LogP) is 0.466. The molecule has 3 N–H and O–H groups in total. The van der Waals surface area contributed by atoms with Gasteiger partial charge in [-0.2, -0.15) is 0 Å². The van der Waals surface area contributed by atoms with E-state index in [9.17, 15) is 0 Å². The lowest BCUT2D eigenvalue weighted by molar-refractivity contribution is 0.129. The Kier molecular flexibility index (Phi) is 3.52. The van der Waals surface area contributed by atoms with Crippen molar-refractivity contribution in [1.29, 1.82) is 0 Å². The fourth-order valence-corrected chi connectivity index (χ4v) is 2.18. The summed E-state index contributed by atoms with van der Waals surface area (Å²) in [5, 5.41) is 7.40. The molecule has 0 radical (unpaired) electrons. The maximum atomic E-state index is 5.66. The summed E-state index contributed by atoms with van der Waals surface area (Å²) in [4.78, 5) is 5.39. The highest BCUT2D eigenvalue weighted by Gasteiger charge is 2.21. The van der Waals surface area contributed by atoms with Gasteiger partial charge in [0.25, 0.3) is 0 Å². The topological polar surface area (TPSA) is 78.1 Å². The first-order valence-electron chi connectivity index (χ1n) is 6.35. The second kappa shape index (κ2) is 5.46. The van der Waals surface area contributed by atoms with E-state index in [1.165, 1.54) is 0 Å². The molecule has 19 heavy (non-hydrogen) atoms. The van der Waals surface area contributed by atoms with E-state index < -0.39 is 0 Å². The number of nitrogens with one attached hydrogen (secondary N) is 1. The Balaban J connectivity index is 1.59. The van der Waals surface area contributed by atoms with Crippen LogP contribution < -0.4 is 20.5 Å². The Morgan fingerprint density at radius 3 is 3.16 bits per heavy atom. The van der Waals surface area contributed by atoms with E-state index in [2.05, 4.69) is 10.5 Å². The number of benzene rings is 1. The molecule has 2 aliphatic heterocycles. The van der Waals surface area contributed by atoms with Crippen LogP contribution in [-0.4, -0.2) is 32.1 Å². The average molecular weight is 263 g/mol. The smallest absolute Gasteiger partial charge is 0.231 e. The fourth-order valence-electron chi connectivity index (χ4n) is 2.18. The second-order valence-corrected chi connectivity index (χ2v) is 4.61. The highest BCUT2D eigenvalue weighted by molar-refractivity contribution is 5.90. The quantitative estimate of drug-likeness (QED) is 0.772. The Hall–Kier alpha value is -1.79. The van der Waals surface area contributed by atoms with Crippen molar-refractivity contribution in [2.45, 2.75) is 6.61 Å². The van der Waals surface area contributed by atoms with Crippen molar-refractivity contribution < 1.29 is 14.3 Å². The summed E-state index contributed by atoms with van der Waals surface area (Å²) in [5.41, 5.74) is 7.65. The first-order chi connectivity index (χ1) is 9.36. The van der Waals surface area contributed by atoms with Gasteiger partial charge >= 0.3 is 0 Å². The minimum absolute atomic E-state index is 0.284. The third-order valence-corrected chi connectivity index (χ3v) is 3.30. The molecular weight excluding hydrogens is 246 g/mol. The first kappa shape index (κ1) is 12.3. The summed E-state index contributed by atoms with van der Waals surface area (Å²) in [6, 6.07) is 5.74. The summed E-state index contributed by atoms with van der Waals surface area (Å²) >= 11 is 0. The number of rotatable bonds is 4. The van der Waals surface area contributed by atoms with Crippen LogP contribution in [0.25, 0.3) is 0 Å². The van der Waals surface area contributed by atoms with Crippen LogP contribution in [0.15, 0.2) is 23.4 Å². The van der Waals surface area contributed by atoms with Gasteiger partial charge in [-0.15, -0.1) is 0 Å². The van der Waals surface area contributed by atoms with E-state index in [1.54, 1.807) is 0 Å². The van der Waals surface area contributed by atoms with Gasteiger partial charge in [0.1, 0.15) is 6.61 Å². The zero-order chi connectivity index (χ0) is 13.1. The lowest BCUT2D eigenvalue weighted by Crippen LogP contribution is -2.22. The molecule has 0 aliphatic carbocycles. The van der Waals surface area contributed by atoms with Crippen LogP contribution >= 0.6 is 0 Å². The van der Waals surface area contributed by atoms with Crippen molar-refractivity contribution in [2.75, 3.05) is 26.4 Å². The fraction of sp³-hybridized carbons (Fsp3) is 0.462.